The van der Waals surface area contributed by atoms with Crippen molar-refractivity contribution < 1.29 is 33.5 Å². The summed E-state index contributed by atoms with van der Waals surface area (Å²) in [6.45, 7) is 9.11. The van der Waals surface area contributed by atoms with Crippen LogP contribution in [0.15, 0.2) is 42.5 Å². The predicted octanol–water partition coefficient (Wildman–Crippen LogP) is 3.17. The van der Waals surface area contributed by atoms with Gasteiger partial charge in [-0.25, -0.2) is 9.59 Å². The summed E-state index contributed by atoms with van der Waals surface area (Å²) in [5.41, 5.74) is 0.866. The Kier molecular flexibility index (Phi) is 7.87. The second-order valence-electron chi connectivity index (χ2n) is 11.5. The van der Waals surface area contributed by atoms with Gasteiger partial charge in [-0.15, -0.1) is 0 Å². The number of fused-ring (bicyclic) bond motifs is 1. The molecule has 1 unspecified atom stereocenters. The van der Waals surface area contributed by atoms with Gasteiger partial charge in [0.2, 0.25) is 11.8 Å². The van der Waals surface area contributed by atoms with Crippen LogP contribution in [0.1, 0.15) is 79.3 Å². The van der Waals surface area contributed by atoms with Gasteiger partial charge in [-0.1, -0.05) is 18.2 Å². The third kappa shape index (κ3) is 6.71. The van der Waals surface area contributed by atoms with Gasteiger partial charge in [-0.3, -0.25) is 29.4 Å². The Labute approximate surface area is 237 Å². The number of nitrogens with zero attached hydrogens (tertiary/aromatic N) is 1. The van der Waals surface area contributed by atoms with Crippen molar-refractivity contribution in [2.75, 3.05) is 5.32 Å². The van der Waals surface area contributed by atoms with Crippen molar-refractivity contribution in [2.45, 2.75) is 71.2 Å². The van der Waals surface area contributed by atoms with Gasteiger partial charge < -0.3 is 20.7 Å². The minimum Gasteiger partial charge on any atom is -0.444 e. The third-order valence-corrected chi connectivity index (χ3v) is 6.64. The molecular formula is C29H33N5O7. The largest absolute Gasteiger partial charge is 0.444 e. The summed E-state index contributed by atoms with van der Waals surface area (Å²) in [4.78, 5) is 75.1. The molecule has 1 atom stereocenters. The Bertz CT molecular complexity index is 1430. The zero-order valence-corrected chi connectivity index (χ0v) is 23.5. The van der Waals surface area contributed by atoms with E-state index in [0.717, 1.165) is 10.5 Å². The number of hydrogen-bond acceptors (Lipinski definition) is 7. The molecule has 4 rings (SSSR count). The Morgan fingerprint density at radius 3 is 2.24 bits per heavy atom. The molecule has 0 radical (unpaired) electrons. The number of anilines is 1. The molecule has 216 valence electrons. The summed E-state index contributed by atoms with van der Waals surface area (Å²) < 4.78 is 5.33. The number of amides is 7. The lowest BCUT2D eigenvalue weighted by Gasteiger charge is -2.29. The van der Waals surface area contributed by atoms with Gasteiger partial charge in [0.15, 0.2) is 0 Å². The topological polar surface area (TPSA) is 163 Å². The van der Waals surface area contributed by atoms with E-state index in [1.54, 1.807) is 51.1 Å². The average molecular weight is 564 g/mol. The number of nitrogens with one attached hydrogen (secondary N) is 4. The first kappa shape index (κ1) is 29.2. The minimum absolute atomic E-state index is 0.0392. The summed E-state index contributed by atoms with van der Waals surface area (Å²) in [5.74, 6) is -2.32. The fourth-order valence-corrected chi connectivity index (χ4v) is 4.59. The van der Waals surface area contributed by atoms with E-state index in [2.05, 4.69) is 21.3 Å². The van der Waals surface area contributed by atoms with E-state index in [-0.39, 0.29) is 30.5 Å². The molecule has 4 N–H and O–H groups in total. The number of urea groups is 1. The molecule has 7 amide bonds. The first-order valence-electron chi connectivity index (χ1n) is 13.2. The lowest BCUT2D eigenvalue weighted by molar-refractivity contribution is -0.136. The predicted molar refractivity (Wildman–Crippen MR) is 148 cm³/mol. The average Bonchev–Trinajstić information content (AvgIpc) is 3.11. The van der Waals surface area contributed by atoms with Gasteiger partial charge in [0.25, 0.3) is 11.8 Å². The highest BCUT2D eigenvalue weighted by Gasteiger charge is 2.44. The van der Waals surface area contributed by atoms with Gasteiger partial charge in [0.05, 0.1) is 16.7 Å². The van der Waals surface area contributed by atoms with Crippen molar-refractivity contribution >= 4 is 41.4 Å². The molecule has 2 aliphatic rings. The van der Waals surface area contributed by atoms with E-state index in [1.807, 2.05) is 13.8 Å². The number of ether oxygens (including phenoxy) is 1. The maximum atomic E-state index is 13.0. The number of carbonyl (C=O) groups is 6. The van der Waals surface area contributed by atoms with Crippen LogP contribution >= 0.6 is 0 Å². The second-order valence-corrected chi connectivity index (χ2v) is 11.5. The van der Waals surface area contributed by atoms with Crippen LogP contribution in [0.5, 0.6) is 0 Å². The number of carbonyl (C=O) groups excluding carboxylic acids is 6. The summed E-state index contributed by atoms with van der Waals surface area (Å²) in [6, 6.07) is 10.1. The van der Waals surface area contributed by atoms with Crippen LogP contribution in [0.25, 0.3) is 0 Å². The van der Waals surface area contributed by atoms with Crippen LogP contribution in [0.3, 0.4) is 0 Å². The number of hydrogen-bond donors (Lipinski definition) is 4. The smallest absolute Gasteiger partial charge is 0.408 e. The quantitative estimate of drug-likeness (QED) is 0.392. The van der Waals surface area contributed by atoms with E-state index in [0.29, 0.717) is 11.3 Å². The van der Waals surface area contributed by atoms with Crippen molar-refractivity contribution in [1.29, 1.82) is 0 Å². The molecule has 0 saturated carbocycles. The number of alkyl carbamates (subject to hydrolysis) is 1. The standard InChI is InChI=1S/C29H33N5O7/c1-28(2,3)41-27(40)33-29(4,5)17-7-9-18(10-8-17)31-26(39)30-15-16-6-11-19-20(14-16)25(38)34(24(19)37)21-12-13-22(35)32-23(21)36/h6-11,14,21H,12-13,15H2,1-5H3,(H,33,40)(H2,30,31,39)(H,32,35,36). The van der Waals surface area contributed by atoms with Crippen LogP contribution in [-0.2, 0) is 26.4 Å². The van der Waals surface area contributed by atoms with Crippen molar-refractivity contribution in [3.63, 3.8) is 0 Å². The van der Waals surface area contributed by atoms with Crippen LogP contribution in [0, 0.1) is 0 Å². The van der Waals surface area contributed by atoms with Crippen molar-refractivity contribution in [3.8, 4) is 0 Å². The van der Waals surface area contributed by atoms with E-state index in [4.69, 9.17) is 4.74 Å². The molecule has 1 fully saturated rings. The highest BCUT2D eigenvalue weighted by molar-refractivity contribution is 6.23. The van der Waals surface area contributed by atoms with E-state index in [1.165, 1.54) is 12.1 Å². The summed E-state index contributed by atoms with van der Waals surface area (Å²) in [7, 11) is 0. The zero-order valence-electron chi connectivity index (χ0n) is 23.5. The van der Waals surface area contributed by atoms with Gasteiger partial charge in [-0.2, -0.15) is 0 Å². The third-order valence-electron chi connectivity index (χ3n) is 6.64. The van der Waals surface area contributed by atoms with Gasteiger partial charge in [-0.05, 0) is 76.4 Å². The monoisotopic (exact) mass is 563 g/mol. The normalized spacial score (nSPS) is 17.1. The van der Waals surface area contributed by atoms with Crippen LogP contribution in [-0.4, -0.2) is 52.3 Å². The molecule has 0 aliphatic carbocycles. The minimum atomic E-state index is -1.04. The molecule has 2 heterocycles. The summed E-state index contributed by atoms with van der Waals surface area (Å²) in [5, 5.41) is 10.4. The second kappa shape index (κ2) is 11.0. The SMILES string of the molecule is CC(C)(C)OC(=O)NC(C)(C)c1ccc(NC(=O)NCc2ccc3c(c2)C(=O)N(C2CCC(=O)NC2=O)C3=O)cc1. The summed E-state index contributed by atoms with van der Waals surface area (Å²) in [6.07, 6.45) is -0.425. The van der Waals surface area contributed by atoms with E-state index >= 15 is 0 Å². The molecule has 2 aromatic rings. The molecule has 2 aromatic carbocycles. The van der Waals surface area contributed by atoms with E-state index < -0.39 is 52.9 Å². The first-order valence-corrected chi connectivity index (χ1v) is 13.2. The molecule has 2 aliphatic heterocycles. The van der Waals surface area contributed by atoms with Gasteiger partial charge in [0, 0.05) is 18.7 Å². The van der Waals surface area contributed by atoms with Crippen molar-refractivity contribution in [2.24, 2.45) is 0 Å². The summed E-state index contributed by atoms with van der Waals surface area (Å²) >= 11 is 0. The lowest BCUT2D eigenvalue weighted by Crippen LogP contribution is -2.54. The van der Waals surface area contributed by atoms with Crippen LogP contribution < -0.4 is 21.3 Å². The molecule has 41 heavy (non-hydrogen) atoms. The molecule has 0 bridgehead atoms. The van der Waals surface area contributed by atoms with E-state index in [9.17, 15) is 28.8 Å². The highest BCUT2D eigenvalue weighted by Crippen LogP contribution is 2.28. The molecule has 0 spiro atoms. The Morgan fingerprint density at radius 1 is 0.951 bits per heavy atom. The van der Waals surface area contributed by atoms with Crippen molar-refractivity contribution in [1.82, 2.24) is 20.9 Å². The van der Waals surface area contributed by atoms with Gasteiger partial charge >= 0.3 is 12.1 Å². The fourth-order valence-electron chi connectivity index (χ4n) is 4.59. The van der Waals surface area contributed by atoms with Gasteiger partial charge in [0.1, 0.15) is 11.6 Å². The number of benzene rings is 2. The Balaban J connectivity index is 1.33. The Hall–Kier alpha value is -4.74. The fraction of sp³-hybridized carbons (Fsp3) is 0.379. The highest BCUT2D eigenvalue weighted by atomic mass is 16.6. The molecule has 0 aromatic heterocycles. The zero-order chi connectivity index (χ0) is 30.1. The maximum Gasteiger partial charge on any atom is 0.408 e. The Morgan fingerprint density at radius 2 is 1.61 bits per heavy atom. The van der Waals surface area contributed by atoms with Crippen LogP contribution in [0.4, 0.5) is 15.3 Å². The van der Waals surface area contributed by atoms with Crippen molar-refractivity contribution in [3.05, 3.63) is 64.7 Å². The molecule has 1 saturated heterocycles. The molecule has 12 nitrogen and oxygen atoms in total. The first-order chi connectivity index (χ1) is 19.1. The molecular weight excluding hydrogens is 530 g/mol. The maximum absolute atomic E-state index is 13.0. The number of piperidine rings is 1. The number of imide groups is 2. The van der Waals surface area contributed by atoms with Crippen LogP contribution in [0.2, 0.25) is 0 Å². The molecule has 12 heteroatoms. The lowest BCUT2D eigenvalue weighted by atomic mass is 9.94. The number of rotatable bonds is 6.